The number of halogens is 1. The van der Waals surface area contributed by atoms with Crippen molar-refractivity contribution in [2.24, 2.45) is 5.73 Å². The van der Waals surface area contributed by atoms with Gasteiger partial charge < -0.3 is 15.2 Å². The number of rotatable bonds is 7. The molecule has 1 aromatic rings. The highest BCUT2D eigenvalue weighted by Gasteiger charge is 2.07. The van der Waals surface area contributed by atoms with Crippen molar-refractivity contribution in [3.8, 4) is 5.75 Å². The Bertz CT molecular complexity index is 318. The number of para-hydroxylation sites is 1. The Labute approximate surface area is 95.4 Å². The molecule has 0 aliphatic rings. The van der Waals surface area contributed by atoms with Crippen LogP contribution in [0.4, 0.5) is 4.39 Å². The van der Waals surface area contributed by atoms with Gasteiger partial charge in [-0.1, -0.05) is 12.1 Å². The highest BCUT2D eigenvalue weighted by Crippen LogP contribution is 2.22. The first-order valence-corrected chi connectivity index (χ1v) is 5.38. The molecule has 90 valence electrons. The number of hydrogen-bond donors (Lipinski definition) is 1. The van der Waals surface area contributed by atoms with E-state index >= 15 is 0 Å². The molecular weight excluding hydrogens is 209 g/mol. The summed E-state index contributed by atoms with van der Waals surface area (Å²) in [5.74, 6) is -0.0721. The van der Waals surface area contributed by atoms with E-state index in [0.29, 0.717) is 18.8 Å². The van der Waals surface area contributed by atoms with Crippen molar-refractivity contribution in [1.82, 2.24) is 0 Å². The van der Waals surface area contributed by atoms with Gasteiger partial charge in [-0.05, 0) is 18.9 Å². The van der Waals surface area contributed by atoms with Gasteiger partial charge in [0.2, 0.25) is 0 Å². The van der Waals surface area contributed by atoms with Crippen LogP contribution < -0.4 is 10.5 Å². The first-order valence-electron chi connectivity index (χ1n) is 5.38. The van der Waals surface area contributed by atoms with Gasteiger partial charge in [-0.2, -0.15) is 0 Å². The third kappa shape index (κ3) is 3.79. The smallest absolute Gasteiger partial charge is 0.165 e. The van der Waals surface area contributed by atoms with Crippen LogP contribution in [0.5, 0.6) is 5.75 Å². The molecule has 3 nitrogen and oxygen atoms in total. The molecule has 1 rings (SSSR count). The summed E-state index contributed by atoms with van der Waals surface area (Å²) in [6, 6.07) is 4.78. The van der Waals surface area contributed by atoms with E-state index in [2.05, 4.69) is 0 Å². The Kier molecular flexibility index (Phi) is 5.82. The minimum absolute atomic E-state index is 0.280. The molecule has 0 bridgehead atoms. The summed E-state index contributed by atoms with van der Waals surface area (Å²) in [6.45, 7) is 1.47. The van der Waals surface area contributed by atoms with Crippen molar-refractivity contribution in [3.05, 3.63) is 29.6 Å². The molecule has 16 heavy (non-hydrogen) atoms. The highest BCUT2D eigenvalue weighted by atomic mass is 19.1. The predicted molar refractivity (Wildman–Crippen MR) is 60.9 cm³/mol. The van der Waals surface area contributed by atoms with Crippen molar-refractivity contribution in [2.45, 2.75) is 19.4 Å². The standard InChI is InChI=1S/C12H18FNO2/c1-15-7-2-3-8-16-12-10(9-14)5-4-6-11(12)13/h4-6H,2-3,7-9,14H2,1H3. The van der Waals surface area contributed by atoms with E-state index in [9.17, 15) is 4.39 Å². The van der Waals surface area contributed by atoms with Gasteiger partial charge in [-0.15, -0.1) is 0 Å². The average molecular weight is 227 g/mol. The van der Waals surface area contributed by atoms with Crippen molar-refractivity contribution < 1.29 is 13.9 Å². The fourth-order valence-electron chi connectivity index (χ4n) is 1.40. The normalized spacial score (nSPS) is 10.4. The Morgan fingerprint density at radius 1 is 1.25 bits per heavy atom. The second-order valence-corrected chi connectivity index (χ2v) is 3.48. The molecule has 0 saturated heterocycles. The van der Waals surface area contributed by atoms with Crippen LogP contribution in [0.15, 0.2) is 18.2 Å². The summed E-state index contributed by atoms with van der Waals surface area (Å²) in [6.07, 6.45) is 1.75. The molecule has 0 radical (unpaired) electrons. The molecule has 4 heteroatoms. The summed E-state index contributed by atoms with van der Waals surface area (Å²) in [7, 11) is 1.66. The van der Waals surface area contributed by atoms with Crippen molar-refractivity contribution in [2.75, 3.05) is 20.3 Å². The van der Waals surface area contributed by atoms with Gasteiger partial charge in [0.1, 0.15) is 0 Å². The molecule has 0 aliphatic carbocycles. The lowest BCUT2D eigenvalue weighted by atomic mass is 10.2. The topological polar surface area (TPSA) is 44.5 Å². The molecule has 0 atom stereocenters. The van der Waals surface area contributed by atoms with Crippen molar-refractivity contribution in [3.63, 3.8) is 0 Å². The van der Waals surface area contributed by atoms with Crippen molar-refractivity contribution >= 4 is 0 Å². The number of unbranched alkanes of at least 4 members (excludes halogenated alkanes) is 1. The second kappa shape index (κ2) is 7.19. The van der Waals surface area contributed by atoms with Gasteiger partial charge in [0.25, 0.3) is 0 Å². The van der Waals surface area contributed by atoms with Crippen LogP contribution in [-0.2, 0) is 11.3 Å². The third-order valence-corrected chi connectivity index (χ3v) is 2.26. The van der Waals surface area contributed by atoms with Gasteiger partial charge in [0.15, 0.2) is 11.6 Å². The Balaban J connectivity index is 2.46. The lowest BCUT2D eigenvalue weighted by molar-refractivity contribution is 0.183. The van der Waals surface area contributed by atoms with Crippen LogP contribution >= 0.6 is 0 Å². The predicted octanol–water partition coefficient (Wildman–Crippen LogP) is 2.09. The van der Waals surface area contributed by atoms with E-state index in [4.69, 9.17) is 15.2 Å². The zero-order chi connectivity index (χ0) is 11.8. The monoisotopic (exact) mass is 227 g/mol. The van der Waals surface area contributed by atoms with E-state index in [1.165, 1.54) is 6.07 Å². The summed E-state index contributed by atoms with van der Waals surface area (Å²) in [5, 5.41) is 0. The molecule has 1 aromatic carbocycles. The molecule has 0 fully saturated rings. The summed E-state index contributed by atoms with van der Waals surface area (Å²) < 4.78 is 23.7. The van der Waals surface area contributed by atoms with Gasteiger partial charge in [0.05, 0.1) is 6.61 Å². The number of benzene rings is 1. The third-order valence-electron chi connectivity index (χ3n) is 2.26. The minimum atomic E-state index is -0.352. The highest BCUT2D eigenvalue weighted by molar-refractivity contribution is 5.34. The SMILES string of the molecule is COCCCCOc1c(F)cccc1CN. The van der Waals surface area contributed by atoms with Gasteiger partial charge in [0, 0.05) is 25.8 Å². The van der Waals surface area contributed by atoms with Crippen LogP contribution in [-0.4, -0.2) is 20.3 Å². The molecule has 0 aliphatic heterocycles. The molecule has 0 heterocycles. The van der Waals surface area contributed by atoms with Gasteiger partial charge in [-0.3, -0.25) is 0 Å². The van der Waals surface area contributed by atoms with Crippen LogP contribution in [0.3, 0.4) is 0 Å². The van der Waals surface area contributed by atoms with E-state index < -0.39 is 0 Å². The fourth-order valence-corrected chi connectivity index (χ4v) is 1.40. The van der Waals surface area contributed by atoms with Crippen molar-refractivity contribution in [1.29, 1.82) is 0 Å². The largest absolute Gasteiger partial charge is 0.490 e. The van der Waals surface area contributed by atoms with E-state index in [-0.39, 0.29) is 18.1 Å². The number of nitrogens with two attached hydrogens (primary N) is 1. The van der Waals surface area contributed by atoms with Crippen LogP contribution in [0.1, 0.15) is 18.4 Å². The quantitative estimate of drug-likeness (QED) is 0.725. The van der Waals surface area contributed by atoms with E-state index in [1.54, 1.807) is 19.2 Å². The number of methoxy groups -OCH3 is 1. The fraction of sp³-hybridized carbons (Fsp3) is 0.500. The van der Waals surface area contributed by atoms with Crippen LogP contribution in [0.2, 0.25) is 0 Å². The summed E-state index contributed by atoms with van der Waals surface area (Å²) >= 11 is 0. The van der Waals surface area contributed by atoms with Gasteiger partial charge >= 0.3 is 0 Å². The Morgan fingerprint density at radius 3 is 2.69 bits per heavy atom. The molecule has 0 amide bonds. The molecular formula is C12H18FNO2. The average Bonchev–Trinajstić information content (AvgIpc) is 2.30. The molecule has 0 aromatic heterocycles. The second-order valence-electron chi connectivity index (χ2n) is 3.48. The van der Waals surface area contributed by atoms with Gasteiger partial charge in [-0.25, -0.2) is 4.39 Å². The maximum atomic E-state index is 13.4. The summed E-state index contributed by atoms with van der Waals surface area (Å²) in [4.78, 5) is 0. The van der Waals surface area contributed by atoms with Crippen LogP contribution in [0.25, 0.3) is 0 Å². The van der Waals surface area contributed by atoms with E-state index in [1.807, 2.05) is 0 Å². The zero-order valence-electron chi connectivity index (χ0n) is 9.54. The molecule has 0 spiro atoms. The molecule has 0 unspecified atom stereocenters. The number of hydrogen-bond acceptors (Lipinski definition) is 3. The maximum absolute atomic E-state index is 13.4. The molecule has 2 N–H and O–H groups in total. The zero-order valence-corrected chi connectivity index (χ0v) is 9.54. The molecule has 0 saturated carbocycles. The van der Waals surface area contributed by atoms with E-state index in [0.717, 1.165) is 12.8 Å². The maximum Gasteiger partial charge on any atom is 0.165 e. The lowest BCUT2D eigenvalue weighted by Gasteiger charge is -2.10. The number of ether oxygens (including phenoxy) is 2. The summed E-state index contributed by atoms with van der Waals surface area (Å²) in [5.41, 5.74) is 6.21. The first kappa shape index (κ1) is 12.9. The first-order chi connectivity index (χ1) is 7.79. The Hall–Kier alpha value is -1.13. The lowest BCUT2D eigenvalue weighted by Crippen LogP contribution is -2.06. The minimum Gasteiger partial charge on any atom is -0.490 e. The Morgan fingerprint density at radius 2 is 2.00 bits per heavy atom. The van der Waals surface area contributed by atoms with Crippen LogP contribution in [0, 0.1) is 5.82 Å².